The number of imidazole rings is 1. The summed E-state index contributed by atoms with van der Waals surface area (Å²) in [6.07, 6.45) is 2.80. The lowest BCUT2D eigenvalue weighted by molar-refractivity contribution is 0.755. The first-order valence-corrected chi connectivity index (χ1v) is 10.7. The van der Waals surface area contributed by atoms with Crippen LogP contribution in [0.4, 0.5) is 5.69 Å². The van der Waals surface area contributed by atoms with Gasteiger partial charge in [-0.05, 0) is 53.2 Å². The van der Waals surface area contributed by atoms with Crippen LogP contribution in [0.25, 0.3) is 11.1 Å². The predicted octanol–water partition coefficient (Wildman–Crippen LogP) is 4.91. The molecule has 0 amide bonds. The number of nitrogens with one attached hydrogen (secondary N) is 1. The monoisotopic (exact) mass is 403 g/mol. The van der Waals surface area contributed by atoms with Gasteiger partial charge in [0.05, 0.1) is 22.6 Å². The van der Waals surface area contributed by atoms with Crippen molar-refractivity contribution < 1.29 is 0 Å². The molecule has 0 saturated heterocycles. The zero-order valence-corrected chi connectivity index (χ0v) is 17.8. The van der Waals surface area contributed by atoms with Gasteiger partial charge in [0.15, 0.2) is 0 Å². The molecule has 31 heavy (non-hydrogen) atoms. The van der Waals surface area contributed by atoms with E-state index in [9.17, 15) is 0 Å². The fraction of sp³-hybridized carbons (Fsp3) is 0.143. The molecule has 4 aromatic rings. The Balaban J connectivity index is 1.74. The van der Waals surface area contributed by atoms with Gasteiger partial charge in [0.25, 0.3) is 0 Å². The van der Waals surface area contributed by atoms with E-state index in [4.69, 9.17) is 9.98 Å². The number of aliphatic imine (C=N–C) groups is 1. The van der Waals surface area contributed by atoms with Gasteiger partial charge in [0, 0.05) is 0 Å². The zero-order valence-electron chi connectivity index (χ0n) is 17.8. The molecule has 0 radical (unpaired) electrons. The molecular weight excluding hydrogens is 378 g/mol. The highest BCUT2D eigenvalue weighted by Crippen LogP contribution is 2.30. The van der Waals surface area contributed by atoms with E-state index < -0.39 is 0 Å². The van der Waals surface area contributed by atoms with E-state index in [2.05, 4.69) is 85.6 Å². The predicted molar refractivity (Wildman–Crippen MR) is 128 cm³/mol. The third-order valence-corrected chi connectivity index (χ3v) is 5.93. The Morgan fingerprint density at radius 1 is 0.871 bits per heavy atom. The third kappa shape index (κ3) is 3.75. The van der Waals surface area contributed by atoms with Gasteiger partial charge in [0.1, 0.15) is 5.82 Å². The second kappa shape index (κ2) is 8.19. The number of H-pyrrole nitrogens is 1. The molecule has 0 bridgehead atoms. The first-order valence-electron chi connectivity index (χ1n) is 10.7. The number of aromatic nitrogens is 2. The number of fused-ring (bicyclic) bond motifs is 1. The van der Waals surface area contributed by atoms with Crippen molar-refractivity contribution in [2.75, 3.05) is 0 Å². The summed E-state index contributed by atoms with van der Waals surface area (Å²) in [6.45, 7) is 4.38. The average Bonchev–Trinajstić information content (AvgIpc) is 3.23. The number of hydrogen-bond acceptors (Lipinski definition) is 2. The first-order chi connectivity index (χ1) is 15.2. The molecule has 1 aliphatic carbocycles. The summed E-state index contributed by atoms with van der Waals surface area (Å²) in [5, 5.41) is 2.14. The summed E-state index contributed by atoms with van der Waals surface area (Å²) >= 11 is 0. The summed E-state index contributed by atoms with van der Waals surface area (Å²) in [6, 6.07) is 29.4. The minimum atomic E-state index is 0.381. The van der Waals surface area contributed by atoms with Crippen LogP contribution in [-0.4, -0.2) is 16.2 Å². The molecule has 152 valence electrons. The van der Waals surface area contributed by atoms with Crippen molar-refractivity contribution >= 4 is 23.0 Å². The third-order valence-electron chi connectivity index (χ3n) is 5.93. The van der Waals surface area contributed by atoms with Gasteiger partial charge >= 0.3 is 0 Å². The molecule has 3 aromatic carbocycles. The summed E-state index contributed by atoms with van der Waals surface area (Å²) in [5.74, 6) is 1.16. The van der Waals surface area contributed by atoms with Gasteiger partial charge < -0.3 is 4.98 Å². The summed E-state index contributed by atoms with van der Waals surface area (Å²) < 4.78 is 0. The van der Waals surface area contributed by atoms with Crippen molar-refractivity contribution in [1.82, 2.24) is 9.97 Å². The average molecular weight is 404 g/mol. The van der Waals surface area contributed by atoms with Crippen molar-refractivity contribution in [3.63, 3.8) is 0 Å². The molecule has 3 heteroatoms. The molecule has 1 aliphatic rings. The maximum atomic E-state index is 5.00. The van der Waals surface area contributed by atoms with Gasteiger partial charge in [-0.2, -0.15) is 0 Å². The molecular formula is C28H25N3. The van der Waals surface area contributed by atoms with Crippen molar-refractivity contribution in [2.45, 2.75) is 20.3 Å². The lowest BCUT2D eigenvalue weighted by Crippen LogP contribution is -2.36. The number of aryl methyl sites for hydroxylation is 1. The molecule has 1 N–H and O–H groups in total. The van der Waals surface area contributed by atoms with Crippen LogP contribution in [0.1, 0.15) is 35.9 Å². The Morgan fingerprint density at radius 3 is 2.23 bits per heavy atom. The number of para-hydroxylation sites is 1. The second-order valence-corrected chi connectivity index (χ2v) is 8.12. The smallest absolute Gasteiger partial charge is 0.149 e. The number of rotatable bonds is 4. The van der Waals surface area contributed by atoms with Crippen LogP contribution in [0, 0.1) is 12.8 Å². The van der Waals surface area contributed by atoms with Crippen molar-refractivity contribution in [3.8, 4) is 0 Å². The number of nitrogens with zero attached hydrogens (tertiary/aromatic N) is 2. The van der Waals surface area contributed by atoms with Gasteiger partial charge in [-0.3, -0.25) is 4.99 Å². The van der Waals surface area contributed by atoms with E-state index >= 15 is 0 Å². The van der Waals surface area contributed by atoms with Crippen LogP contribution in [0.15, 0.2) is 89.9 Å². The van der Waals surface area contributed by atoms with Gasteiger partial charge in [0.2, 0.25) is 0 Å². The minimum absolute atomic E-state index is 0.381. The lowest BCUT2D eigenvalue weighted by atomic mass is 9.83. The second-order valence-electron chi connectivity index (χ2n) is 8.12. The summed E-state index contributed by atoms with van der Waals surface area (Å²) in [5.41, 5.74) is 7.19. The molecule has 1 atom stereocenters. The first kappa shape index (κ1) is 19.3. The molecule has 0 fully saturated rings. The number of aromatic amines is 1. The van der Waals surface area contributed by atoms with E-state index in [0.29, 0.717) is 5.92 Å². The van der Waals surface area contributed by atoms with E-state index in [1.54, 1.807) is 0 Å². The van der Waals surface area contributed by atoms with Crippen LogP contribution in [0.2, 0.25) is 0 Å². The van der Waals surface area contributed by atoms with Crippen LogP contribution in [0.5, 0.6) is 0 Å². The zero-order chi connectivity index (χ0) is 21.2. The Morgan fingerprint density at radius 2 is 1.52 bits per heavy atom. The normalized spacial score (nSPS) is 16.0. The summed E-state index contributed by atoms with van der Waals surface area (Å²) in [4.78, 5) is 13.3. The van der Waals surface area contributed by atoms with Crippen molar-refractivity contribution in [3.05, 3.63) is 118 Å². The topological polar surface area (TPSA) is 41.0 Å². The Hall–Kier alpha value is -3.72. The number of benzene rings is 3. The van der Waals surface area contributed by atoms with E-state index in [1.807, 2.05) is 24.4 Å². The fourth-order valence-corrected chi connectivity index (χ4v) is 4.40. The highest BCUT2D eigenvalue weighted by atomic mass is 14.9. The lowest BCUT2D eigenvalue weighted by Gasteiger charge is -2.21. The minimum Gasteiger partial charge on any atom is -0.337 e. The molecule has 5 rings (SSSR count). The maximum absolute atomic E-state index is 5.00. The van der Waals surface area contributed by atoms with E-state index in [-0.39, 0.29) is 0 Å². The molecule has 1 unspecified atom stereocenters. The SMILES string of the molecule is Cc1ccccc1N=Cc1nc2c([nH]1)=C(c1ccccc1)C(C)CC=2c1ccccc1. The maximum Gasteiger partial charge on any atom is 0.149 e. The highest BCUT2D eigenvalue weighted by molar-refractivity contribution is 5.80. The van der Waals surface area contributed by atoms with Crippen molar-refractivity contribution in [2.24, 2.45) is 10.9 Å². The Labute approximate surface area is 182 Å². The van der Waals surface area contributed by atoms with Gasteiger partial charge in [-0.15, -0.1) is 0 Å². The van der Waals surface area contributed by atoms with Crippen LogP contribution in [0.3, 0.4) is 0 Å². The van der Waals surface area contributed by atoms with E-state index in [1.165, 1.54) is 22.3 Å². The molecule has 1 heterocycles. The fourth-order valence-electron chi connectivity index (χ4n) is 4.40. The Bertz CT molecular complexity index is 1360. The van der Waals surface area contributed by atoms with E-state index in [0.717, 1.165) is 34.2 Å². The Kier molecular flexibility index (Phi) is 5.09. The molecule has 3 nitrogen and oxygen atoms in total. The standard InChI is InChI=1S/C28H25N3/c1-19-11-9-10-16-24(19)29-18-25-30-27-23(21-12-5-3-6-13-21)17-20(2)26(28(27)31-25)22-14-7-4-8-15-22/h3-16,18,20H,17H2,1-2H3,(H,30,31). The van der Waals surface area contributed by atoms with Crippen LogP contribution >= 0.6 is 0 Å². The largest absolute Gasteiger partial charge is 0.337 e. The van der Waals surface area contributed by atoms with Crippen LogP contribution < -0.4 is 10.7 Å². The summed E-state index contributed by atoms with van der Waals surface area (Å²) in [7, 11) is 0. The highest BCUT2D eigenvalue weighted by Gasteiger charge is 2.23. The quantitative estimate of drug-likeness (QED) is 0.484. The molecule has 0 spiro atoms. The van der Waals surface area contributed by atoms with Gasteiger partial charge in [-0.1, -0.05) is 85.8 Å². The van der Waals surface area contributed by atoms with Crippen LogP contribution in [-0.2, 0) is 0 Å². The number of hydrogen-bond donors (Lipinski definition) is 1. The molecule has 0 aliphatic heterocycles. The molecule has 0 saturated carbocycles. The molecule has 1 aromatic heterocycles. The van der Waals surface area contributed by atoms with Gasteiger partial charge in [-0.25, -0.2) is 4.98 Å². The van der Waals surface area contributed by atoms with Crippen molar-refractivity contribution in [1.29, 1.82) is 0 Å².